The first-order valence-corrected chi connectivity index (χ1v) is 10.8. The van der Waals surface area contributed by atoms with Crippen molar-refractivity contribution in [1.29, 1.82) is 0 Å². The fourth-order valence-electron chi connectivity index (χ4n) is 3.32. The molecule has 0 aliphatic carbocycles. The van der Waals surface area contributed by atoms with Gasteiger partial charge in [-0.2, -0.15) is 0 Å². The van der Waals surface area contributed by atoms with E-state index in [1.165, 1.54) is 10.6 Å². The lowest BCUT2D eigenvalue weighted by Crippen LogP contribution is -2.52. The van der Waals surface area contributed by atoms with Gasteiger partial charge in [0.05, 0.1) is 5.01 Å². The number of thiazole rings is 1. The molecule has 0 bridgehead atoms. The molecule has 5 nitrogen and oxygen atoms in total. The Morgan fingerprint density at radius 3 is 2.63 bits per heavy atom. The molecule has 1 aliphatic heterocycles. The molecule has 1 aromatic carbocycles. The van der Waals surface area contributed by atoms with Crippen LogP contribution in [0, 0.1) is 6.92 Å². The maximum absolute atomic E-state index is 4.86. The molecule has 0 amide bonds. The summed E-state index contributed by atoms with van der Waals surface area (Å²) in [5.74, 6) is 1.06. The SMILES string of the molecule is CCNC(=NCCCc1nc(C)cs1)N1CCN(Cc2ccccc2)CC1. The molecule has 0 saturated carbocycles. The van der Waals surface area contributed by atoms with Crippen molar-refractivity contribution in [2.75, 3.05) is 39.3 Å². The number of nitrogens with zero attached hydrogens (tertiary/aromatic N) is 4. The van der Waals surface area contributed by atoms with Gasteiger partial charge in [0.2, 0.25) is 0 Å². The summed E-state index contributed by atoms with van der Waals surface area (Å²) < 4.78 is 0. The quantitative estimate of drug-likeness (QED) is 0.452. The van der Waals surface area contributed by atoms with E-state index in [-0.39, 0.29) is 0 Å². The molecule has 0 atom stereocenters. The second kappa shape index (κ2) is 10.4. The van der Waals surface area contributed by atoms with E-state index >= 15 is 0 Å². The van der Waals surface area contributed by atoms with Crippen LogP contribution in [-0.2, 0) is 13.0 Å². The molecule has 2 heterocycles. The number of hydrogen-bond acceptors (Lipinski definition) is 4. The molecule has 0 unspecified atom stereocenters. The normalized spacial score (nSPS) is 15.9. The third-order valence-corrected chi connectivity index (χ3v) is 5.76. The summed E-state index contributed by atoms with van der Waals surface area (Å²) in [6, 6.07) is 10.7. The fraction of sp³-hybridized carbons (Fsp3) is 0.524. The minimum atomic E-state index is 0.852. The van der Waals surface area contributed by atoms with Crippen LogP contribution >= 0.6 is 11.3 Å². The monoisotopic (exact) mass is 385 g/mol. The van der Waals surface area contributed by atoms with Crippen molar-refractivity contribution in [2.24, 2.45) is 4.99 Å². The summed E-state index contributed by atoms with van der Waals surface area (Å²) in [6.45, 7) is 11.2. The number of hydrogen-bond donors (Lipinski definition) is 1. The van der Waals surface area contributed by atoms with E-state index in [1.807, 2.05) is 0 Å². The number of aryl methyl sites for hydroxylation is 2. The number of guanidine groups is 1. The van der Waals surface area contributed by atoms with Crippen molar-refractivity contribution in [2.45, 2.75) is 33.2 Å². The first-order chi connectivity index (χ1) is 13.2. The van der Waals surface area contributed by atoms with Crippen molar-refractivity contribution in [3.8, 4) is 0 Å². The van der Waals surface area contributed by atoms with E-state index in [4.69, 9.17) is 4.99 Å². The van der Waals surface area contributed by atoms with Gasteiger partial charge in [-0.05, 0) is 25.8 Å². The molecule has 0 radical (unpaired) electrons. The van der Waals surface area contributed by atoms with Crippen LogP contribution in [0.4, 0.5) is 0 Å². The smallest absolute Gasteiger partial charge is 0.194 e. The standard InChI is InChI=1S/C21H31N5S/c1-3-22-21(23-11-7-10-20-24-18(2)17-27-20)26-14-12-25(13-15-26)16-19-8-5-4-6-9-19/h4-6,8-9,17H,3,7,10-16H2,1-2H3,(H,22,23). The first kappa shape index (κ1) is 19.8. The highest BCUT2D eigenvalue weighted by atomic mass is 32.1. The van der Waals surface area contributed by atoms with Crippen molar-refractivity contribution in [3.63, 3.8) is 0 Å². The van der Waals surface area contributed by atoms with Gasteiger partial charge in [0, 0.05) is 63.3 Å². The van der Waals surface area contributed by atoms with E-state index in [2.05, 4.69) is 69.7 Å². The third kappa shape index (κ3) is 6.33. The van der Waals surface area contributed by atoms with Gasteiger partial charge < -0.3 is 10.2 Å². The van der Waals surface area contributed by atoms with Crippen LogP contribution in [0.3, 0.4) is 0 Å². The van der Waals surface area contributed by atoms with Gasteiger partial charge in [0.25, 0.3) is 0 Å². The first-order valence-electron chi connectivity index (χ1n) is 9.95. The van der Waals surface area contributed by atoms with Gasteiger partial charge in [0.1, 0.15) is 0 Å². The van der Waals surface area contributed by atoms with Crippen LogP contribution in [-0.4, -0.2) is 60.0 Å². The van der Waals surface area contributed by atoms with E-state index in [1.54, 1.807) is 11.3 Å². The fourth-order valence-corrected chi connectivity index (χ4v) is 4.14. The number of aliphatic imine (C=N–C) groups is 1. The molecule has 1 fully saturated rings. The molecule has 1 aliphatic rings. The van der Waals surface area contributed by atoms with Gasteiger partial charge in [0.15, 0.2) is 5.96 Å². The second-order valence-corrected chi connectivity index (χ2v) is 7.91. The number of piperazine rings is 1. The average molecular weight is 386 g/mol. The van der Waals surface area contributed by atoms with Crippen LogP contribution in [0.15, 0.2) is 40.7 Å². The topological polar surface area (TPSA) is 43.8 Å². The molecular weight excluding hydrogens is 354 g/mol. The number of aromatic nitrogens is 1. The Hall–Kier alpha value is -1.92. The second-order valence-electron chi connectivity index (χ2n) is 6.97. The van der Waals surface area contributed by atoms with Crippen LogP contribution < -0.4 is 5.32 Å². The van der Waals surface area contributed by atoms with E-state index in [9.17, 15) is 0 Å². The Morgan fingerprint density at radius 2 is 1.96 bits per heavy atom. The Morgan fingerprint density at radius 1 is 1.19 bits per heavy atom. The summed E-state index contributed by atoms with van der Waals surface area (Å²) in [7, 11) is 0. The summed E-state index contributed by atoms with van der Waals surface area (Å²) >= 11 is 1.76. The molecule has 2 aromatic rings. The summed E-state index contributed by atoms with van der Waals surface area (Å²) in [5.41, 5.74) is 2.52. The maximum Gasteiger partial charge on any atom is 0.194 e. The van der Waals surface area contributed by atoms with Crippen molar-refractivity contribution < 1.29 is 0 Å². The lowest BCUT2D eigenvalue weighted by Gasteiger charge is -2.36. The molecule has 6 heteroatoms. The molecule has 1 saturated heterocycles. The highest BCUT2D eigenvalue weighted by molar-refractivity contribution is 7.09. The number of rotatable bonds is 7. The summed E-state index contributed by atoms with van der Waals surface area (Å²) in [6.07, 6.45) is 2.07. The predicted molar refractivity (Wildman–Crippen MR) is 114 cm³/mol. The maximum atomic E-state index is 4.86. The van der Waals surface area contributed by atoms with Gasteiger partial charge in [-0.1, -0.05) is 30.3 Å². The van der Waals surface area contributed by atoms with E-state index in [0.29, 0.717) is 0 Å². The predicted octanol–water partition coefficient (Wildman–Crippen LogP) is 3.17. The molecule has 1 N–H and O–H groups in total. The zero-order valence-electron chi connectivity index (χ0n) is 16.5. The van der Waals surface area contributed by atoms with Gasteiger partial charge in [-0.3, -0.25) is 9.89 Å². The zero-order valence-corrected chi connectivity index (χ0v) is 17.3. The number of nitrogens with one attached hydrogen (secondary N) is 1. The van der Waals surface area contributed by atoms with Gasteiger partial charge in [-0.25, -0.2) is 4.98 Å². The largest absolute Gasteiger partial charge is 0.357 e. The molecule has 146 valence electrons. The van der Waals surface area contributed by atoms with Crippen LogP contribution in [0.25, 0.3) is 0 Å². The minimum Gasteiger partial charge on any atom is -0.357 e. The molecule has 3 rings (SSSR count). The Bertz CT molecular complexity index is 704. The minimum absolute atomic E-state index is 0.852. The number of benzene rings is 1. The highest BCUT2D eigenvalue weighted by Crippen LogP contribution is 2.11. The van der Waals surface area contributed by atoms with Crippen LogP contribution in [0.5, 0.6) is 0 Å². The van der Waals surface area contributed by atoms with Crippen molar-refractivity contribution in [3.05, 3.63) is 52.0 Å². The Kier molecular flexibility index (Phi) is 7.66. The molecular formula is C21H31N5S. The lowest BCUT2D eigenvalue weighted by atomic mass is 10.2. The molecule has 1 aromatic heterocycles. The van der Waals surface area contributed by atoms with E-state index < -0.39 is 0 Å². The van der Waals surface area contributed by atoms with Gasteiger partial charge in [-0.15, -0.1) is 11.3 Å². The highest BCUT2D eigenvalue weighted by Gasteiger charge is 2.19. The van der Waals surface area contributed by atoms with Crippen LogP contribution in [0.2, 0.25) is 0 Å². The molecule has 27 heavy (non-hydrogen) atoms. The summed E-state index contributed by atoms with van der Waals surface area (Å²) in [4.78, 5) is 14.3. The van der Waals surface area contributed by atoms with Gasteiger partial charge >= 0.3 is 0 Å². The average Bonchev–Trinajstić information content (AvgIpc) is 3.11. The lowest BCUT2D eigenvalue weighted by molar-refractivity contribution is 0.172. The van der Waals surface area contributed by atoms with Crippen molar-refractivity contribution >= 4 is 17.3 Å². The Balaban J connectivity index is 1.45. The van der Waals surface area contributed by atoms with E-state index in [0.717, 1.165) is 70.3 Å². The zero-order chi connectivity index (χ0) is 18.9. The van der Waals surface area contributed by atoms with Crippen LogP contribution in [0.1, 0.15) is 29.6 Å². The van der Waals surface area contributed by atoms with Crippen molar-refractivity contribution in [1.82, 2.24) is 20.1 Å². The third-order valence-electron chi connectivity index (χ3n) is 4.73. The molecule has 0 spiro atoms. The summed E-state index contributed by atoms with van der Waals surface area (Å²) in [5, 5.41) is 6.81. The Labute approximate surface area is 167 Å².